The normalized spacial score (nSPS) is 21.4. The summed E-state index contributed by atoms with van der Waals surface area (Å²) in [5, 5.41) is 6.91. The van der Waals surface area contributed by atoms with Crippen LogP contribution < -0.4 is 10.6 Å². The van der Waals surface area contributed by atoms with Crippen LogP contribution in [0.25, 0.3) is 0 Å². The van der Waals surface area contributed by atoms with Crippen LogP contribution in [0.15, 0.2) is 59.6 Å². The first-order valence-electron chi connectivity index (χ1n) is 12.3. The van der Waals surface area contributed by atoms with Gasteiger partial charge >= 0.3 is 0 Å². The number of benzene rings is 2. The van der Waals surface area contributed by atoms with Crippen molar-refractivity contribution in [3.8, 4) is 0 Å². The van der Waals surface area contributed by atoms with Crippen LogP contribution in [0.1, 0.15) is 43.4 Å². The third-order valence-electron chi connectivity index (χ3n) is 6.78. The van der Waals surface area contributed by atoms with Gasteiger partial charge in [-0.2, -0.15) is 0 Å². The number of hydrogen-bond acceptors (Lipinski definition) is 3. The van der Waals surface area contributed by atoms with E-state index >= 15 is 0 Å². The summed E-state index contributed by atoms with van der Waals surface area (Å²) in [6, 6.07) is 19.9. The molecule has 6 nitrogen and oxygen atoms in total. The molecular formula is C27H37N5O. The monoisotopic (exact) mass is 447 g/mol. The van der Waals surface area contributed by atoms with Crippen molar-refractivity contribution in [2.24, 2.45) is 4.99 Å². The molecule has 0 saturated carbocycles. The first-order chi connectivity index (χ1) is 16.1. The van der Waals surface area contributed by atoms with Gasteiger partial charge in [-0.3, -0.25) is 9.69 Å². The van der Waals surface area contributed by atoms with E-state index in [1.54, 1.807) is 0 Å². The molecule has 0 aliphatic carbocycles. The lowest BCUT2D eigenvalue weighted by molar-refractivity contribution is -0.130. The van der Waals surface area contributed by atoms with Crippen LogP contribution in [-0.4, -0.2) is 59.9 Å². The predicted octanol–water partition coefficient (Wildman–Crippen LogP) is 3.18. The third-order valence-corrected chi connectivity index (χ3v) is 6.78. The van der Waals surface area contributed by atoms with Gasteiger partial charge in [0.15, 0.2) is 5.96 Å². The quantitative estimate of drug-likeness (QED) is 0.528. The second kappa shape index (κ2) is 11.3. The Hall–Kier alpha value is -2.86. The molecule has 0 radical (unpaired) electrons. The number of piperidine rings is 1. The summed E-state index contributed by atoms with van der Waals surface area (Å²) in [5.74, 6) is 0.838. The average molecular weight is 448 g/mol. The Morgan fingerprint density at radius 1 is 1.06 bits per heavy atom. The summed E-state index contributed by atoms with van der Waals surface area (Å²) in [5.41, 5.74) is 3.97. The van der Waals surface area contributed by atoms with Crippen LogP contribution in [0.4, 0.5) is 0 Å². The van der Waals surface area contributed by atoms with Gasteiger partial charge in [0, 0.05) is 44.8 Å². The van der Waals surface area contributed by atoms with E-state index < -0.39 is 0 Å². The number of likely N-dealkylation sites (tertiary alicyclic amines) is 1. The maximum Gasteiger partial charge on any atom is 0.244 e. The molecule has 1 saturated heterocycles. The lowest BCUT2D eigenvalue weighted by atomic mass is 9.97. The molecule has 1 fully saturated rings. The van der Waals surface area contributed by atoms with Crippen LogP contribution >= 0.6 is 0 Å². The zero-order valence-electron chi connectivity index (χ0n) is 20.0. The highest BCUT2D eigenvalue weighted by Gasteiger charge is 2.26. The van der Waals surface area contributed by atoms with E-state index in [4.69, 9.17) is 0 Å². The number of carbonyl (C=O) groups excluding carboxylic acids is 1. The summed E-state index contributed by atoms with van der Waals surface area (Å²) in [7, 11) is 0. The highest BCUT2D eigenvalue weighted by atomic mass is 16.2. The van der Waals surface area contributed by atoms with Crippen molar-refractivity contribution < 1.29 is 4.79 Å². The fourth-order valence-corrected chi connectivity index (χ4v) is 4.87. The molecule has 1 amide bonds. The van der Waals surface area contributed by atoms with E-state index in [1.807, 2.05) is 11.0 Å². The molecule has 176 valence electrons. The van der Waals surface area contributed by atoms with Crippen molar-refractivity contribution in [1.82, 2.24) is 20.4 Å². The Morgan fingerprint density at radius 3 is 2.58 bits per heavy atom. The number of fused-ring (bicyclic) bond motifs is 1. The fourth-order valence-electron chi connectivity index (χ4n) is 4.87. The van der Waals surface area contributed by atoms with Gasteiger partial charge in [-0.15, -0.1) is 0 Å². The third kappa shape index (κ3) is 6.35. The topological polar surface area (TPSA) is 60.0 Å². The summed E-state index contributed by atoms with van der Waals surface area (Å²) in [4.78, 5) is 22.0. The van der Waals surface area contributed by atoms with Gasteiger partial charge in [0.05, 0.1) is 0 Å². The molecule has 2 unspecified atom stereocenters. The highest BCUT2D eigenvalue weighted by molar-refractivity contribution is 5.85. The van der Waals surface area contributed by atoms with Crippen LogP contribution in [0.5, 0.6) is 0 Å². The molecule has 2 aromatic carbocycles. The molecule has 2 aromatic rings. The largest absolute Gasteiger partial charge is 0.357 e. The van der Waals surface area contributed by atoms with Gasteiger partial charge in [0.25, 0.3) is 0 Å². The first kappa shape index (κ1) is 23.3. The highest BCUT2D eigenvalue weighted by Crippen LogP contribution is 2.20. The number of rotatable bonds is 6. The van der Waals surface area contributed by atoms with Gasteiger partial charge in [0.1, 0.15) is 6.54 Å². The minimum atomic E-state index is 0.0905. The SMILES string of the molecule is CCNC(=NCC(=O)N1CCc2ccccc2C1)NC1CCN(Cc2ccccc2)C(C)C1. The number of nitrogens with one attached hydrogen (secondary N) is 2. The summed E-state index contributed by atoms with van der Waals surface area (Å²) < 4.78 is 0. The fraction of sp³-hybridized carbons (Fsp3) is 0.481. The van der Waals surface area contributed by atoms with Crippen LogP contribution in [-0.2, 0) is 24.3 Å². The lowest BCUT2D eigenvalue weighted by Gasteiger charge is -2.38. The average Bonchev–Trinajstić information content (AvgIpc) is 2.84. The minimum Gasteiger partial charge on any atom is -0.357 e. The van der Waals surface area contributed by atoms with Crippen molar-refractivity contribution in [2.75, 3.05) is 26.2 Å². The summed E-state index contributed by atoms with van der Waals surface area (Å²) in [6.45, 7) is 8.83. The smallest absolute Gasteiger partial charge is 0.244 e. The molecule has 2 aliphatic rings. The number of carbonyl (C=O) groups is 1. The Kier molecular flexibility index (Phi) is 8.00. The standard InChI is InChI=1S/C27H37N5O/c1-3-28-27(29-18-26(33)32-15-13-23-11-7-8-12-24(23)20-32)30-25-14-16-31(21(2)17-25)19-22-9-5-4-6-10-22/h4-12,21,25H,3,13-20H2,1-2H3,(H2,28,29,30). The molecule has 4 rings (SSSR count). The number of amides is 1. The molecule has 2 aliphatic heterocycles. The number of guanidine groups is 1. The van der Waals surface area contributed by atoms with E-state index in [0.717, 1.165) is 51.4 Å². The molecule has 6 heteroatoms. The van der Waals surface area contributed by atoms with E-state index in [2.05, 4.69) is 82.9 Å². The number of nitrogens with zero attached hydrogens (tertiary/aromatic N) is 3. The Balaban J connectivity index is 1.29. The molecule has 2 atom stereocenters. The zero-order valence-corrected chi connectivity index (χ0v) is 20.0. The second-order valence-corrected chi connectivity index (χ2v) is 9.20. The summed E-state index contributed by atoms with van der Waals surface area (Å²) >= 11 is 0. The summed E-state index contributed by atoms with van der Waals surface area (Å²) in [6.07, 6.45) is 3.05. The zero-order chi connectivity index (χ0) is 23.0. The Labute approximate surface area is 198 Å². The second-order valence-electron chi connectivity index (χ2n) is 9.20. The Morgan fingerprint density at radius 2 is 1.82 bits per heavy atom. The molecule has 2 N–H and O–H groups in total. The lowest BCUT2D eigenvalue weighted by Crippen LogP contribution is -2.51. The molecule has 0 spiro atoms. The van der Waals surface area contributed by atoms with E-state index in [1.165, 1.54) is 16.7 Å². The molecule has 0 aromatic heterocycles. The van der Waals surface area contributed by atoms with Gasteiger partial charge in [-0.25, -0.2) is 4.99 Å². The number of hydrogen-bond donors (Lipinski definition) is 2. The van der Waals surface area contributed by atoms with Crippen LogP contribution in [0.2, 0.25) is 0 Å². The molecule has 33 heavy (non-hydrogen) atoms. The van der Waals surface area contributed by atoms with Crippen LogP contribution in [0, 0.1) is 0 Å². The molecule has 2 heterocycles. The van der Waals surface area contributed by atoms with Gasteiger partial charge in [-0.05, 0) is 49.8 Å². The minimum absolute atomic E-state index is 0.0905. The van der Waals surface area contributed by atoms with Crippen molar-refractivity contribution in [1.29, 1.82) is 0 Å². The van der Waals surface area contributed by atoms with Crippen molar-refractivity contribution >= 4 is 11.9 Å². The maximum atomic E-state index is 12.8. The van der Waals surface area contributed by atoms with Crippen molar-refractivity contribution in [2.45, 2.75) is 58.3 Å². The molecular weight excluding hydrogens is 410 g/mol. The van der Waals surface area contributed by atoms with Gasteiger partial charge in [-0.1, -0.05) is 54.6 Å². The van der Waals surface area contributed by atoms with Gasteiger partial charge in [0.2, 0.25) is 5.91 Å². The van der Waals surface area contributed by atoms with Crippen molar-refractivity contribution in [3.05, 3.63) is 71.3 Å². The van der Waals surface area contributed by atoms with Crippen molar-refractivity contribution in [3.63, 3.8) is 0 Å². The van der Waals surface area contributed by atoms with E-state index in [9.17, 15) is 4.79 Å². The molecule has 0 bridgehead atoms. The maximum absolute atomic E-state index is 12.8. The Bertz CT molecular complexity index is 945. The van der Waals surface area contributed by atoms with Crippen LogP contribution in [0.3, 0.4) is 0 Å². The number of aliphatic imine (C=N–C) groups is 1. The van der Waals surface area contributed by atoms with E-state index in [0.29, 0.717) is 18.6 Å². The first-order valence-corrected chi connectivity index (χ1v) is 12.3. The van der Waals surface area contributed by atoms with Gasteiger partial charge < -0.3 is 15.5 Å². The van der Waals surface area contributed by atoms with E-state index in [-0.39, 0.29) is 12.5 Å². The predicted molar refractivity (Wildman–Crippen MR) is 134 cm³/mol.